The van der Waals surface area contributed by atoms with Gasteiger partial charge in [0.1, 0.15) is 18.0 Å². The van der Waals surface area contributed by atoms with Crippen LogP contribution < -0.4 is 15.4 Å². The summed E-state index contributed by atoms with van der Waals surface area (Å²) in [4.78, 5) is 24.9. The molecule has 0 bridgehead atoms. The number of aliphatic hydroxyl groups excluding tert-OH is 1. The number of ether oxygens (including phenoxy) is 2. The minimum atomic E-state index is -0.504. The Hall–Kier alpha value is -2.90. The predicted molar refractivity (Wildman–Crippen MR) is 123 cm³/mol. The van der Waals surface area contributed by atoms with Gasteiger partial charge in [-0.3, -0.25) is 9.59 Å². The van der Waals surface area contributed by atoms with E-state index in [2.05, 4.69) is 10.6 Å². The van der Waals surface area contributed by atoms with Crippen molar-refractivity contribution in [3.05, 3.63) is 59.7 Å². The Morgan fingerprint density at radius 3 is 2.64 bits per heavy atom. The molecule has 0 radical (unpaired) electrons. The van der Waals surface area contributed by atoms with E-state index in [4.69, 9.17) is 9.47 Å². The molecule has 2 amide bonds. The van der Waals surface area contributed by atoms with Gasteiger partial charge in [-0.15, -0.1) is 0 Å². The van der Waals surface area contributed by atoms with Crippen molar-refractivity contribution in [3.8, 4) is 5.75 Å². The van der Waals surface area contributed by atoms with Crippen LogP contribution in [-0.2, 0) is 20.9 Å². The maximum Gasteiger partial charge on any atom is 0.227 e. The van der Waals surface area contributed by atoms with E-state index in [1.807, 2.05) is 48.5 Å². The molecule has 2 aliphatic heterocycles. The highest BCUT2D eigenvalue weighted by molar-refractivity contribution is 5.93. The molecule has 2 aromatic carbocycles. The van der Waals surface area contributed by atoms with E-state index in [9.17, 15) is 14.7 Å². The van der Waals surface area contributed by atoms with Crippen LogP contribution in [-0.4, -0.2) is 41.8 Å². The van der Waals surface area contributed by atoms with Gasteiger partial charge >= 0.3 is 0 Å². The molecule has 3 N–H and O–H groups in total. The third-order valence-corrected chi connectivity index (χ3v) is 6.99. The summed E-state index contributed by atoms with van der Waals surface area (Å²) in [5, 5.41) is 15.9. The molecule has 5 rings (SSSR count). The average Bonchev–Trinajstić information content (AvgIpc) is 3.14. The summed E-state index contributed by atoms with van der Waals surface area (Å²) in [6.45, 7) is 0.292. The number of amides is 2. The van der Waals surface area contributed by atoms with Crippen LogP contribution >= 0.6 is 0 Å². The van der Waals surface area contributed by atoms with Crippen LogP contribution in [0.2, 0.25) is 0 Å². The molecule has 4 atom stereocenters. The summed E-state index contributed by atoms with van der Waals surface area (Å²) in [5.41, 5.74) is 2.81. The van der Waals surface area contributed by atoms with Crippen LogP contribution in [0.1, 0.15) is 49.1 Å². The van der Waals surface area contributed by atoms with Gasteiger partial charge in [0.25, 0.3) is 0 Å². The normalized spacial score (nSPS) is 25.8. The van der Waals surface area contributed by atoms with Gasteiger partial charge in [-0.1, -0.05) is 36.8 Å². The molecule has 2 heterocycles. The van der Waals surface area contributed by atoms with Gasteiger partial charge < -0.3 is 25.2 Å². The fraction of sp³-hybridized carbons (Fsp3) is 0.462. The largest absolute Gasteiger partial charge is 0.487 e. The Morgan fingerprint density at radius 2 is 1.91 bits per heavy atom. The molecule has 174 valence electrons. The van der Waals surface area contributed by atoms with Gasteiger partial charge in [-0.25, -0.2) is 0 Å². The summed E-state index contributed by atoms with van der Waals surface area (Å²) < 4.78 is 12.2. The van der Waals surface area contributed by atoms with Gasteiger partial charge in [-0.2, -0.15) is 0 Å². The lowest BCUT2D eigenvalue weighted by atomic mass is 9.83. The van der Waals surface area contributed by atoms with E-state index in [-0.39, 0.29) is 48.9 Å². The second kappa shape index (κ2) is 9.53. The van der Waals surface area contributed by atoms with Gasteiger partial charge in [0.15, 0.2) is 0 Å². The zero-order valence-corrected chi connectivity index (χ0v) is 18.5. The lowest BCUT2D eigenvalue weighted by molar-refractivity contribution is -0.142. The molecule has 0 spiro atoms. The van der Waals surface area contributed by atoms with Crippen molar-refractivity contribution in [3.63, 3.8) is 0 Å². The summed E-state index contributed by atoms with van der Waals surface area (Å²) in [6.07, 6.45) is 2.74. The number of anilines is 1. The second-order valence-corrected chi connectivity index (χ2v) is 9.24. The Balaban J connectivity index is 1.25. The van der Waals surface area contributed by atoms with Crippen molar-refractivity contribution in [2.45, 2.75) is 62.9 Å². The van der Waals surface area contributed by atoms with Crippen molar-refractivity contribution in [2.75, 3.05) is 11.9 Å². The summed E-state index contributed by atoms with van der Waals surface area (Å²) in [5.74, 6) is 0.855. The molecular weight excluding hydrogens is 420 g/mol. The van der Waals surface area contributed by atoms with Gasteiger partial charge in [0, 0.05) is 29.6 Å². The number of nitrogens with one attached hydrogen (secondary N) is 2. The number of benzene rings is 2. The highest BCUT2D eigenvalue weighted by Crippen LogP contribution is 2.47. The first-order chi connectivity index (χ1) is 16.1. The van der Waals surface area contributed by atoms with Crippen LogP contribution in [0.25, 0.3) is 0 Å². The van der Waals surface area contributed by atoms with Gasteiger partial charge in [0.2, 0.25) is 11.8 Å². The van der Waals surface area contributed by atoms with Crippen molar-refractivity contribution in [2.24, 2.45) is 5.92 Å². The second-order valence-electron chi connectivity index (χ2n) is 9.24. The molecule has 33 heavy (non-hydrogen) atoms. The number of hydrogen-bond donors (Lipinski definition) is 3. The van der Waals surface area contributed by atoms with E-state index < -0.39 is 6.10 Å². The zero-order valence-electron chi connectivity index (χ0n) is 18.5. The summed E-state index contributed by atoms with van der Waals surface area (Å²) in [7, 11) is 0. The molecule has 3 aliphatic rings. The summed E-state index contributed by atoms with van der Waals surface area (Å²) in [6, 6.07) is 15.5. The highest BCUT2D eigenvalue weighted by atomic mass is 16.6. The van der Waals surface area contributed by atoms with E-state index >= 15 is 0 Å². The molecule has 1 aliphatic carbocycles. The zero-order chi connectivity index (χ0) is 22.8. The van der Waals surface area contributed by atoms with Gasteiger partial charge in [-0.05, 0) is 43.0 Å². The lowest BCUT2D eigenvalue weighted by Gasteiger charge is -2.37. The minimum absolute atomic E-state index is 0.00150. The van der Waals surface area contributed by atoms with E-state index in [0.717, 1.165) is 41.8 Å². The van der Waals surface area contributed by atoms with Crippen molar-refractivity contribution in [1.29, 1.82) is 0 Å². The molecule has 1 saturated carbocycles. The summed E-state index contributed by atoms with van der Waals surface area (Å²) >= 11 is 0. The van der Waals surface area contributed by atoms with Gasteiger partial charge in [0.05, 0.1) is 19.1 Å². The van der Waals surface area contributed by atoms with Crippen LogP contribution in [0.3, 0.4) is 0 Å². The van der Waals surface area contributed by atoms with E-state index in [1.54, 1.807) is 0 Å². The topological polar surface area (TPSA) is 96.9 Å². The molecule has 1 saturated heterocycles. The van der Waals surface area contributed by atoms with E-state index in [1.165, 1.54) is 0 Å². The van der Waals surface area contributed by atoms with Crippen LogP contribution in [0.5, 0.6) is 5.75 Å². The lowest BCUT2D eigenvalue weighted by Crippen LogP contribution is -2.47. The van der Waals surface area contributed by atoms with Crippen LogP contribution in [0.4, 0.5) is 5.69 Å². The predicted octanol–water partition coefficient (Wildman–Crippen LogP) is 3.13. The molecule has 0 aromatic heterocycles. The smallest absolute Gasteiger partial charge is 0.227 e. The molecular formula is C26H30N2O5. The minimum Gasteiger partial charge on any atom is -0.487 e. The van der Waals surface area contributed by atoms with Crippen molar-refractivity contribution < 1.29 is 24.2 Å². The quantitative estimate of drug-likeness (QED) is 0.602. The third-order valence-electron chi connectivity index (χ3n) is 6.99. The SMILES string of the molecule is O=C(C[C@@H]1C[C@@H]2c3cc(NC(=O)C4CCC4)ccc3O[C@@H]2[C@H](CO)O1)NCc1ccccc1. The van der Waals surface area contributed by atoms with Crippen LogP contribution in [0, 0.1) is 5.92 Å². The number of rotatable bonds is 7. The Bertz CT molecular complexity index is 1010. The Morgan fingerprint density at radius 1 is 1.09 bits per heavy atom. The highest BCUT2D eigenvalue weighted by Gasteiger charge is 2.46. The molecule has 2 aromatic rings. The molecule has 0 unspecified atom stereocenters. The molecule has 7 heteroatoms. The van der Waals surface area contributed by atoms with Crippen LogP contribution in [0.15, 0.2) is 48.5 Å². The maximum atomic E-state index is 12.6. The first kappa shape index (κ1) is 21.9. The third kappa shape index (κ3) is 4.75. The van der Waals surface area contributed by atoms with Crippen molar-refractivity contribution >= 4 is 17.5 Å². The maximum absolute atomic E-state index is 12.6. The Labute approximate surface area is 193 Å². The number of carbonyl (C=O) groups is 2. The first-order valence-electron chi connectivity index (χ1n) is 11.8. The average molecular weight is 451 g/mol. The number of carbonyl (C=O) groups excluding carboxylic acids is 2. The monoisotopic (exact) mass is 450 g/mol. The van der Waals surface area contributed by atoms with E-state index in [0.29, 0.717) is 13.0 Å². The molecule has 7 nitrogen and oxygen atoms in total. The standard InChI is InChI=1S/C26H30N2O5/c29-15-23-25-21(12-19(32-23)13-24(30)27-14-16-5-2-1-3-6-16)20-11-18(9-10-22(20)33-25)28-26(31)17-7-4-8-17/h1-3,5-6,9-11,17,19,21,23,25,29H,4,7-8,12-15H2,(H,27,30)(H,28,31)/t19-,21+,23-,25-/m0/s1. The number of fused-ring (bicyclic) bond motifs is 3. The number of aliphatic hydroxyl groups is 1. The number of hydrogen-bond acceptors (Lipinski definition) is 5. The first-order valence-corrected chi connectivity index (χ1v) is 11.8. The fourth-order valence-electron chi connectivity index (χ4n) is 4.96. The Kier molecular flexibility index (Phi) is 6.33. The van der Waals surface area contributed by atoms with Crippen molar-refractivity contribution in [1.82, 2.24) is 5.32 Å². The molecule has 2 fully saturated rings. The fourth-order valence-corrected chi connectivity index (χ4v) is 4.96.